The molecule has 0 aromatic rings. The van der Waals surface area contributed by atoms with Crippen molar-refractivity contribution >= 4 is 5.91 Å². The average Bonchev–Trinajstić information content (AvgIpc) is 2.82. The van der Waals surface area contributed by atoms with Crippen molar-refractivity contribution in [1.82, 2.24) is 5.06 Å². The first-order chi connectivity index (χ1) is 6.73. The van der Waals surface area contributed by atoms with Crippen molar-refractivity contribution in [2.75, 3.05) is 0 Å². The lowest BCUT2D eigenvalue weighted by Crippen LogP contribution is -2.32. The summed E-state index contributed by atoms with van der Waals surface area (Å²) < 4.78 is 0. The van der Waals surface area contributed by atoms with Crippen LogP contribution in [0.5, 0.6) is 0 Å². The molecule has 2 fully saturated rings. The van der Waals surface area contributed by atoms with Gasteiger partial charge in [0.1, 0.15) is 0 Å². The minimum absolute atomic E-state index is 0.0272. The Morgan fingerprint density at radius 3 is 2.86 bits per heavy atom. The highest BCUT2D eigenvalue weighted by Crippen LogP contribution is 2.54. The van der Waals surface area contributed by atoms with Gasteiger partial charge >= 0.3 is 0 Å². The monoisotopic (exact) mass is 193 g/mol. The van der Waals surface area contributed by atoms with Crippen LogP contribution in [0.2, 0.25) is 0 Å². The zero-order valence-electron chi connectivity index (χ0n) is 8.15. The van der Waals surface area contributed by atoms with Crippen LogP contribution in [0.1, 0.15) is 32.1 Å². The maximum atomic E-state index is 11.4. The van der Waals surface area contributed by atoms with Gasteiger partial charge < -0.3 is 0 Å². The van der Waals surface area contributed by atoms with E-state index in [0.717, 1.165) is 5.06 Å². The number of nitrogens with zero attached hydrogens (tertiary/aromatic N) is 1. The minimum atomic E-state index is -0.101. The number of fused-ring (bicyclic) bond motifs is 2. The molecule has 3 aliphatic rings. The predicted molar refractivity (Wildman–Crippen MR) is 50.6 cm³/mol. The fourth-order valence-electron chi connectivity index (χ4n) is 3.48. The third-order valence-electron chi connectivity index (χ3n) is 4.24. The van der Waals surface area contributed by atoms with Gasteiger partial charge in [0, 0.05) is 12.3 Å². The number of hydroxylamine groups is 2. The third-order valence-corrected chi connectivity index (χ3v) is 4.24. The van der Waals surface area contributed by atoms with E-state index in [1.165, 1.54) is 25.7 Å². The highest BCUT2D eigenvalue weighted by atomic mass is 16.5. The topological polar surface area (TPSA) is 40.5 Å². The zero-order valence-corrected chi connectivity index (χ0v) is 8.15. The molecule has 1 saturated carbocycles. The van der Waals surface area contributed by atoms with E-state index in [9.17, 15) is 10.0 Å². The van der Waals surface area contributed by atoms with Gasteiger partial charge in [0.05, 0.1) is 6.04 Å². The molecule has 0 bridgehead atoms. The molecule has 2 aliphatic carbocycles. The number of rotatable bonds is 0. The Morgan fingerprint density at radius 2 is 2.14 bits per heavy atom. The van der Waals surface area contributed by atoms with Crippen molar-refractivity contribution in [3.63, 3.8) is 0 Å². The molecule has 0 radical (unpaired) electrons. The number of carbonyl (C=O) groups is 1. The van der Waals surface area contributed by atoms with E-state index in [4.69, 9.17) is 0 Å². The quantitative estimate of drug-likeness (QED) is 0.470. The predicted octanol–water partition coefficient (Wildman–Crippen LogP) is 1.72. The van der Waals surface area contributed by atoms with Crippen molar-refractivity contribution in [3.8, 4) is 0 Å². The third kappa shape index (κ3) is 0.883. The second-order valence-corrected chi connectivity index (χ2v) is 4.84. The van der Waals surface area contributed by atoms with Crippen LogP contribution in [0, 0.1) is 11.3 Å². The summed E-state index contributed by atoms with van der Waals surface area (Å²) in [6.07, 6.45) is 9.76. The SMILES string of the molecule is O=C1C[C@@H]2[C@@H](C=CC23CCCC3)N1O. The number of allylic oxidation sites excluding steroid dienone is 1. The molecule has 1 heterocycles. The standard InChI is InChI=1S/C11H15NO2/c13-10-7-8-9(12(10)14)3-6-11(8)4-1-2-5-11/h3,6,8-9,14H,1-2,4-5,7H2/t8-,9-/m1/s1. The van der Waals surface area contributed by atoms with Crippen molar-refractivity contribution in [2.45, 2.75) is 38.1 Å². The van der Waals surface area contributed by atoms with Crippen LogP contribution < -0.4 is 0 Å². The molecule has 0 aromatic heterocycles. The maximum absolute atomic E-state index is 11.4. The molecule has 1 spiro atoms. The molecule has 3 rings (SSSR count). The van der Waals surface area contributed by atoms with Crippen LogP contribution in [0.25, 0.3) is 0 Å². The lowest BCUT2D eigenvalue weighted by atomic mass is 9.75. The Balaban J connectivity index is 1.93. The second kappa shape index (κ2) is 2.60. The molecule has 3 heteroatoms. The van der Waals surface area contributed by atoms with Crippen molar-refractivity contribution < 1.29 is 10.0 Å². The fraction of sp³-hybridized carbons (Fsp3) is 0.727. The maximum Gasteiger partial charge on any atom is 0.246 e. The molecule has 0 aromatic carbocycles. The first-order valence-electron chi connectivity index (χ1n) is 5.43. The Kier molecular flexibility index (Phi) is 1.57. The molecular formula is C11H15NO2. The Bertz CT molecular complexity index is 304. The Hall–Kier alpha value is -0.830. The van der Waals surface area contributed by atoms with E-state index in [0.29, 0.717) is 12.3 Å². The van der Waals surface area contributed by atoms with Gasteiger partial charge in [0.2, 0.25) is 5.91 Å². The van der Waals surface area contributed by atoms with Crippen LogP contribution in [0.4, 0.5) is 0 Å². The molecule has 1 amide bonds. The van der Waals surface area contributed by atoms with Gasteiger partial charge in [-0.1, -0.05) is 25.0 Å². The summed E-state index contributed by atoms with van der Waals surface area (Å²) in [5.74, 6) is 0.248. The van der Waals surface area contributed by atoms with Gasteiger partial charge in [-0.25, -0.2) is 5.06 Å². The van der Waals surface area contributed by atoms with Crippen molar-refractivity contribution in [2.24, 2.45) is 11.3 Å². The van der Waals surface area contributed by atoms with E-state index in [1.807, 2.05) is 6.08 Å². The van der Waals surface area contributed by atoms with E-state index < -0.39 is 0 Å². The van der Waals surface area contributed by atoms with Crippen LogP contribution in [-0.2, 0) is 4.79 Å². The molecule has 0 unspecified atom stereocenters. The normalized spacial score (nSPS) is 38.6. The van der Waals surface area contributed by atoms with Gasteiger partial charge in [-0.15, -0.1) is 0 Å². The second-order valence-electron chi connectivity index (χ2n) is 4.84. The first-order valence-corrected chi connectivity index (χ1v) is 5.43. The zero-order chi connectivity index (χ0) is 9.76. The molecule has 1 aliphatic heterocycles. The fourth-order valence-corrected chi connectivity index (χ4v) is 3.48. The summed E-state index contributed by atoms with van der Waals surface area (Å²) in [6, 6.07) is -0.0272. The number of hydrogen-bond donors (Lipinski definition) is 1. The lowest BCUT2D eigenvalue weighted by molar-refractivity contribution is -0.162. The summed E-state index contributed by atoms with van der Waals surface area (Å²) in [4.78, 5) is 11.4. The minimum Gasteiger partial charge on any atom is -0.285 e. The summed E-state index contributed by atoms with van der Waals surface area (Å²) >= 11 is 0. The van der Waals surface area contributed by atoms with Gasteiger partial charge in [-0.2, -0.15) is 0 Å². The largest absolute Gasteiger partial charge is 0.285 e. The van der Waals surface area contributed by atoms with Gasteiger partial charge in [0.15, 0.2) is 0 Å². The van der Waals surface area contributed by atoms with Gasteiger partial charge in [-0.3, -0.25) is 10.0 Å². The summed E-state index contributed by atoms with van der Waals surface area (Å²) in [5, 5.41) is 10.5. The van der Waals surface area contributed by atoms with Crippen LogP contribution >= 0.6 is 0 Å². The molecular weight excluding hydrogens is 178 g/mol. The Morgan fingerprint density at radius 1 is 1.43 bits per heavy atom. The van der Waals surface area contributed by atoms with Crippen LogP contribution in [0.15, 0.2) is 12.2 Å². The molecule has 3 nitrogen and oxygen atoms in total. The Labute approximate surface area is 83.4 Å². The molecule has 76 valence electrons. The lowest BCUT2D eigenvalue weighted by Gasteiger charge is -2.29. The first kappa shape index (κ1) is 8.48. The number of hydrogen-bond acceptors (Lipinski definition) is 2. The van der Waals surface area contributed by atoms with Crippen molar-refractivity contribution in [1.29, 1.82) is 0 Å². The molecule has 1 saturated heterocycles. The smallest absolute Gasteiger partial charge is 0.246 e. The van der Waals surface area contributed by atoms with E-state index in [2.05, 4.69) is 6.08 Å². The highest BCUT2D eigenvalue weighted by Gasteiger charge is 2.53. The van der Waals surface area contributed by atoms with Crippen LogP contribution in [0.3, 0.4) is 0 Å². The summed E-state index contributed by atoms with van der Waals surface area (Å²) in [5.41, 5.74) is 0.248. The molecule has 2 atom stereocenters. The van der Waals surface area contributed by atoms with E-state index >= 15 is 0 Å². The van der Waals surface area contributed by atoms with Gasteiger partial charge in [0.25, 0.3) is 0 Å². The summed E-state index contributed by atoms with van der Waals surface area (Å²) in [7, 11) is 0. The number of carbonyl (C=O) groups excluding carboxylic acids is 1. The number of amides is 1. The van der Waals surface area contributed by atoms with E-state index in [-0.39, 0.29) is 17.4 Å². The molecule has 14 heavy (non-hydrogen) atoms. The average molecular weight is 193 g/mol. The van der Waals surface area contributed by atoms with E-state index in [1.54, 1.807) is 0 Å². The van der Waals surface area contributed by atoms with Gasteiger partial charge in [-0.05, 0) is 18.3 Å². The summed E-state index contributed by atoms with van der Waals surface area (Å²) in [6.45, 7) is 0. The van der Waals surface area contributed by atoms with Crippen molar-refractivity contribution in [3.05, 3.63) is 12.2 Å². The highest BCUT2D eigenvalue weighted by molar-refractivity contribution is 5.79. The van der Waals surface area contributed by atoms with Crippen LogP contribution in [-0.4, -0.2) is 22.2 Å². The molecule has 1 N–H and O–H groups in total.